The van der Waals surface area contributed by atoms with Crippen molar-refractivity contribution in [2.75, 3.05) is 19.7 Å². The maximum absolute atomic E-state index is 11.6. The van der Waals surface area contributed by atoms with Crippen LogP contribution in [0.3, 0.4) is 0 Å². The molecule has 1 aliphatic heterocycles. The second-order valence-electron chi connectivity index (χ2n) is 5.90. The van der Waals surface area contributed by atoms with Crippen LogP contribution in [0.25, 0.3) is 0 Å². The Morgan fingerprint density at radius 1 is 1.43 bits per heavy atom. The summed E-state index contributed by atoms with van der Waals surface area (Å²) < 4.78 is 5.86. The molecule has 2 rings (SSSR count). The number of hydrogen-bond acceptors (Lipinski definition) is 3. The molecule has 1 saturated heterocycles. The van der Waals surface area contributed by atoms with Crippen LogP contribution < -0.4 is 4.74 Å². The SMILES string of the molecule is CCC1(C(=O)O)CCCN1CCOc1cc(C)ccc1C. The van der Waals surface area contributed by atoms with Crippen LogP contribution in [0.15, 0.2) is 18.2 Å². The van der Waals surface area contributed by atoms with Gasteiger partial charge in [0.15, 0.2) is 0 Å². The maximum Gasteiger partial charge on any atom is 0.324 e. The molecule has 0 amide bonds. The number of aryl methyl sites for hydroxylation is 2. The number of carboxylic acids is 1. The lowest BCUT2D eigenvalue weighted by Gasteiger charge is -2.33. The highest BCUT2D eigenvalue weighted by Crippen LogP contribution is 2.32. The first-order valence-electron chi connectivity index (χ1n) is 7.68. The van der Waals surface area contributed by atoms with E-state index in [4.69, 9.17) is 4.74 Å². The highest BCUT2D eigenvalue weighted by atomic mass is 16.5. The van der Waals surface area contributed by atoms with Crippen molar-refractivity contribution in [1.29, 1.82) is 0 Å². The summed E-state index contributed by atoms with van der Waals surface area (Å²) in [7, 11) is 0. The Kier molecular flexibility index (Phi) is 4.88. The van der Waals surface area contributed by atoms with Crippen LogP contribution in [0.2, 0.25) is 0 Å². The van der Waals surface area contributed by atoms with Gasteiger partial charge in [0, 0.05) is 6.54 Å². The standard InChI is InChI=1S/C17H25NO3/c1-4-17(16(19)20)8-5-9-18(17)10-11-21-15-12-13(2)6-7-14(15)3/h6-7,12H,4-5,8-11H2,1-3H3,(H,19,20). The third-order valence-electron chi connectivity index (χ3n) is 4.57. The molecule has 1 aromatic carbocycles. The number of carbonyl (C=O) groups is 1. The summed E-state index contributed by atoms with van der Waals surface area (Å²) >= 11 is 0. The van der Waals surface area contributed by atoms with E-state index in [1.54, 1.807) is 0 Å². The van der Waals surface area contributed by atoms with Gasteiger partial charge in [-0.1, -0.05) is 19.1 Å². The van der Waals surface area contributed by atoms with Gasteiger partial charge in [-0.05, 0) is 56.8 Å². The fourth-order valence-electron chi connectivity index (χ4n) is 3.18. The largest absolute Gasteiger partial charge is 0.492 e. The molecule has 0 aromatic heterocycles. The monoisotopic (exact) mass is 291 g/mol. The zero-order valence-corrected chi connectivity index (χ0v) is 13.2. The molecule has 1 unspecified atom stereocenters. The van der Waals surface area contributed by atoms with Crippen LogP contribution >= 0.6 is 0 Å². The zero-order valence-electron chi connectivity index (χ0n) is 13.2. The van der Waals surface area contributed by atoms with Crippen LogP contribution in [0, 0.1) is 13.8 Å². The van der Waals surface area contributed by atoms with Gasteiger partial charge < -0.3 is 9.84 Å². The minimum Gasteiger partial charge on any atom is -0.492 e. The molecule has 21 heavy (non-hydrogen) atoms. The Bertz CT molecular complexity index is 515. The van der Waals surface area contributed by atoms with Crippen molar-refractivity contribution >= 4 is 5.97 Å². The highest BCUT2D eigenvalue weighted by Gasteiger charge is 2.45. The second kappa shape index (κ2) is 6.48. The van der Waals surface area contributed by atoms with E-state index in [1.807, 2.05) is 32.9 Å². The minimum absolute atomic E-state index is 0.527. The Balaban J connectivity index is 1.96. The van der Waals surface area contributed by atoms with Crippen LogP contribution in [0.5, 0.6) is 5.75 Å². The quantitative estimate of drug-likeness (QED) is 0.875. The number of benzene rings is 1. The van der Waals surface area contributed by atoms with Crippen molar-refractivity contribution in [3.8, 4) is 5.75 Å². The first-order valence-corrected chi connectivity index (χ1v) is 7.68. The molecule has 4 nitrogen and oxygen atoms in total. The fraction of sp³-hybridized carbons (Fsp3) is 0.588. The molecule has 116 valence electrons. The lowest BCUT2D eigenvalue weighted by atomic mass is 9.93. The molecule has 1 aromatic rings. The molecule has 1 fully saturated rings. The third kappa shape index (κ3) is 3.21. The smallest absolute Gasteiger partial charge is 0.324 e. The van der Waals surface area contributed by atoms with Crippen LogP contribution in [-0.2, 0) is 4.79 Å². The molecule has 4 heteroatoms. The third-order valence-corrected chi connectivity index (χ3v) is 4.57. The van der Waals surface area contributed by atoms with E-state index in [2.05, 4.69) is 11.0 Å². The number of hydrogen-bond donors (Lipinski definition) is 1. The average molecular weight is 291 g/mol. The van der Waals surface area contributed by atoms with E-state index in [0.29, 0.717) is 19.6 Å². The molecule has 0 spiro atoms. The van der Waals surface area contributed by atoms with Gasteiger partial charge in [0.1, 0.15) is 17.9 Å². The van der Waals surface area contributed by atoms with E-state index in [-0.39, 0.29) is 0 Å². The Morgan fingerprint density at radius 3 is 2.86 bits per heavy atom. The van der Waals surface area contributed by atoms with Gasteiger partial charge in [0.25, 0.3) is 0 Å². The Morgan fingerprint density at radius 2 is 2.19 bits per heavy atom. The van der Waals surface area contributed by atoms with Gasteiger partial charge >= 0.3 is 5.97 Å². The van der Waals surface area contributed by atoms with Gasteiger partial charge in [-0.3, -0.25) is 9.69 Å². The van der Waals surface area contributed by atoms with Crippen LogP contribution in [0.1, 0.15) is 37.3 Å². The topological polar surface area (TPSA) is 49.8 Å². The van der Waals surface area contributed by atoms with Crippen molar-refractivity contribution in [2.24, 2.45) is 0 Å². The molecule has 1 N–H and O–H groups in total. The summed E-state index contributed by atoms with van der Waals surface area (Å²) in [5.41, 5.74) is 1.59. The molecule has 0 radical (unpaired) electrons. The summed E-state index contributed by atoms with van der Waals surface area (Å²) in [5.74, 6) is 0.195. The van der Waals surface area contributed by atoms with Crippen LogP contribution in [-0.4, -0.2) is 41.2 Å². The molecule has 1 atom stereocenters. The van der Waals surface area contributed by atoms with Crippen molar-refractivity contribution in [2.45, 2.75) is 45.6 Å². The van der Waals surface area contributed by atoms with E-state index in [1.165, 1.54) is 5.56 Å². The molecule has 0 bridgehead atoms. The average Bonchev–Trinajstić information content (AvgIpc) is 2.87. The van der Waals surface area contributed by atoms with Crippen molar-refractivity contribution in [3.63, 3.8) is 0 Å². The lowest BCUT2D eigenvalue weighted by Crippen LogP contribution is -2.51. The van der Waals surface area contributed by atoms with Crippen molar-refractivity contribution in [1.82, 2.24) is 4.90 Å². The van der Waals surface area contributed by atoms with E-state index < -0.39 is 11.5 Å². The molecular formula is C17H25NO3. The van der Waals surface area contributed by atoms with Crippen molar-refractivity contribution < 1.29 is 14.6 Å². The predicted molar refractivity (Wildman–Crippen MR) is 82.9 cm³/mol. The summed E-state index contributed by atoms with van der Waals surface area (Å²) in [6.07, 6.45) is 2.33. The van der Waals surface area contributed by atoms with Gasteiger partial charge in [-0.2, -0.15) is 0 Å². The lowest BCUT2D eigenvalue weighted by molar-refractivity contribution is -0.150. The summed E-state index contributed by atoms with van der Waals surface area (Å²) in [6, 6.07) is 6.15. The number of rotatable bonds is 6. The Labute approximate surface area is 126 Å². The van der Waals surface area contributed by atoms with Gasteiger partial charge in [0.05, 0.1) is 0 Å². The van der Waals surface area contributed by atoms with Crippen molar-refractivity contribution in [3.05, 3.63) is 29.3 Å². The number of carboxylic acid groups (broad SMARTS) is 1. The molecular weight excluding hydrogens is 266 g/mol. The minimum atomic E-state index is -0.700. The highest BCUT2D eigenvalue weighted by molar-refractivity contribution is 5.79. The van der Waals surface area contributed by atoms with Gasteiger partial charge in [-0.15, -0.1) is 0 Å². The van der Waals surface area contributed by atoms with E-state index >= 15 is 0 Å². The number of aliphatic carboxylic acids is 1. The summed E-state index contributed by atoms with van der Waals surface area (Å²) in [5, 5.41) is 9.55. The Hall–Kier alpha value is -1.55. The van der Waals surface area contributed by atoms with E-state index in [9.17, 15) is 9.90 Å². The zero-order chi connectivity index (χ0) is 15.5. The summed E-state index contributed by atoms with van der Waals surface area (Å²) in [6.45, 7) is 8.05. The van der Waals surface area contributed by atoms with Crippen LogP contribution in [0.4, 0.5) is 0 Å². The number of ether oxygens (including phenoxy) is 1. The fourth-order valence-corrected chi connectivity index (χ4v) is 3.18. The van der Waals surface area contributed by atoms with E-state index in [0.717, 1.165) is 30.7 Å². The second-order valence-corrected chi connectivity index (χ2v) is 5.90. The first-order chi connectivity index (χ1) is 9.99. The van der Waals surface area contributed by atoms with Gasteiger partial charge in [-0.25, -0.2) is 0 Å². The van der Waals surface area contributed by atoms with Gasteiger partial charge in [0.2, 0.25) is 0 Å². The number of nitrogens with zero attached hydrogens (tertiary/aromatic N) is 1. The molecule has 1 heterocycles. The molecule has 0 aliphatic carbocycles. The summed E-state index contributed by atoms with van der Waals surface area (Å²) in [4.78, 5) is 13.7. The molecule has 0 saturated carbocycles. The number of likely N-dealkylation sites (tertiary alicyclic amines) is 1. The molecule has 1 aliphatic rings. The maximum atomic E-state index is 11.6. The predicted octanol–water partition coefficient (Wildman–Crippen LogP) is 3.01. The first kappa shape index (κ1) is 15.8. The normalized spacial score (nSPS) is 22.4.